The Balaban J connectivity index is 2.32. The summed E-state index contributed by atoms with van der Waals surface area (Å²) >= 11 is 5.73. The van der Waals surface area contributed by atoms with Crippen LogP contribution in [0.25, 0.3) is 0 Å². The normalized spacial score (nSPS) is 20.6. The van der Waals surface area contributed by atoms with E-state index in [9.17, 15) is 0 Å². The van der Waals surface area contributed by atoms with Crippen molar-refractivity contribution in [3.8, 4) is 5.75 Å². The first-order valence-corrected chi connectivity index (χ1v) is 6.28. The lowest BCUT2D eigenvalue weighted by molar-refractivity contribution is 0.318. The molecule has 0 bridgehead atoms. The van der Waals surface area contributed by atoms with Gasteiger partial charge in [-0.2, -0.15) is 0 Å². The molecule has 1 aromatic carbocycles. The van der Waals surface area contributed by atoms with E-state index < -0.39 is 0 Å². The first kappa shape index (κ1) is 12.2. The number of benzene rings is 1. The van der Waals surface area contributed by atoms with Crippen LogP contribution in [0.15, 0.2) is 23.4 Å². The van der Waals surface area contributed by atoms with Gasteiger partial charge in [0.1, 0.15) is 5.75 Å². The van der Waals surface area contributed by atoms with Gasteiger partial charge in [0.05, 0.1) is 12.8 Å². The quantitative estimate of drug-likeness (QED) is 0.508. The summed E-state index contributed by atoms with van der Waals surface area (Å²) in [5, 5.41) is 12.4. The van der Waals surface area contributed by atoms with Gasteiger partial charge in [0.2, 0.25) is 0 Å². The minimum absolute atomic E-state index is 0.393. The maximum atomic E-state index is 9.01. The smallest absolute Gasteiger partial charge is 0.119 e. The van der Waals surface area contributed by atoms with Crippen molar-refractivity contribution in [2.45, 2.75) is 25.2 Å². The average Bonchev–Trinajstić information content (AvgIpc) is 2.73. The molecule has 1 aromatic rings. The molecule has 0 radical (unpaired) electrons. The molecule has 0 amide bonds. The van der Waals surface area contributed by atoms with Crippen LogP contribution in [0.4, 0.5) is 0 Å². The molecular weight excluding hydrogens is 238 g/mol. The molecule has 92 valence electrons. The molecule has 1 aliphatic carbocycles. The van der Waals surface area contributed by atoms with Crippen molar-refractivity contribution in [1.29, 1.82) is 0 Å². The van der Waals surface area contributed by atoms with Gasteiger partial charge in [0, 0.05) is 17.9 Å². The summed E-state index contributed by atoms with van der Waals surface area (Å²) in [5.41, 5.74) is 3.01. The van der Waals surface area contributed by atoms with Gasteiger partial charge >= 0.3 is 0 Å². The Bertz CT molecular complexity index is 431. The van der Waals surface area contributed by atoms with Crippen molar-refractivity contribution in [1.82, 2.24) is 0 Å². The number of methoxy groups -OCH3 is 1. The zero-order chi connectivity index (χ0) is 12.3. The van der Waals surface area contributed by atoms with E-state index in [1.807, 2.05) is 18.2 Å². The maximum absolute atomic E-state index is 9.01. The third-order valence-corrected chi connectivity index (χ3v) is 3.52. The Labute approximate surface area is 106 Å². The van der Waals surface area contributed by atoms with E-state index in [1.165, 1.54) is 5.56 Å². The van der Waals surface area contributed by atoms with Gasteiger partial charge < -0.3 is 9.94 Å². The number of oxime groups is 1. The minimum Gasteiger partial charge on any atom is -0.497 e. The lowest BCUT2D eigenvalue weighted by Gasteiger charge is -2.10. The largest absolute Gasteiger partial charge is 0.497 e. The van der Waals surface area contributed by atoms with Crippen molar-refractivity contribution in [3.05, 3.63) is 29.3 Å². The fraction of sp³-hybridized carbons (Fsp3) is 0.462. The molecule has 17 heavy (non-hydrogen) atoms. The molecule has 1 atom stereocenters. The molecule has 1 N–H and O–H groups in total. The van der Waals surface area contributed by atoms with Crippen LogP contribution in [0.2, 0.25) is 0 Å². The zero-order valence-electron chi connectivity index (χ0n) is 9.82. The van der Waals surface area contributed by atoms with Gasteiger partial charge in [-0.3, -0.25) is 0 Å². The molecule has 3 nitrogen and oxygen atoms in total. The van der Waals surface area contributed by atoms with Crippen LogP contribution in [0.3, 0.4) is 0 Å². The van der Waals surface area contributed by atoms with Crippen molar-refractivity contribution in [3.63, 3.8) is 0 Å². The number of halogens is 1. The molecular formula is C13H16ClNO2. The second kappa shape index (κ2) is 5.41. The second-order valence-electron chi connectivity index (χ2n) is 4.23. The summed E-state index contributed by atoms with van der Waals surface area (Å²) in [6.07, 6.45) is 2.78. The molecule has 0 fully saturated rings. The van der Waals surface area contributed by atoms with Crippen LogP contribution < -0.4 is 4.74 Å². The molecule has 2 rings (SSSR count). The molecule has 0 saturated carbocycles. The SMILES string of the molecule is COc1ccc2c(c1)[C@@H](CCCCl)C/C2=N/O. The van der Waals surface area contributed by atoms with Gasteiger partial charge in [0.15, 0.2) is 0 Å². The highest BCUT2D eigenvalue weighted by atomic mass is 35.5. The van der Waals surface area contributed by atoms with Gasteiger partial charge in [-0.05, 0) is 42.5 Å². The Hall–Kier alpha value is -1.22. The van der Waals surface area contributed by atoms with E-state index in [2.05, 4.69) is 5.16 Å². The monoisotopic (exact) mass is 253 g/mol. The van der Waals surface area contributed by atoms with Crippen molar-refractivity contribution in [2.24, 2.45) is 5.16 Å². The number of hydrogen-bond donors (Lipinski definition) is 1. The third kappa shape index (κ3) is 2.39. The summed E-state index contributed by atoms with van der Waals surface area (Å²) < 4.78 is 5.23. The number of alkyl halides is 1. The van der Waals surface area contributed by atoms with E-state index >= 15 is 0 Å². The molecule has 4 heteroatoms. The molecule has 0 heterocycles. The predicted molar refractivity (Wildman–Crippen MR) is 68.6 cm³/mol. The maximum Gasteiger partial charge on any atom is 0.119 e. The van der Waals surface area contributed by atoms with Crippen LogP contribution in [-0.2, 0) is 0 Å². The van der Waals surface area contributed by atoms with Gasteiger partial charge in [-0.15, -0.1) is 11.6 Å². The summed E-state index contributed by atoms with van der Waals surface area (Å²) in [6.45, 7) is 0. The number of rotatable bonds is 4. The minimum atomic E-state index is 0.393. The standard InChI is InChI=1S/C13H16ClNO2/c1-17-10-4-5-11-12(8-10)9(3-2-6-14)7-13(11)15-16/h4-5,8-9,16H,2-3,6-7H2,1H3/b15-13-/t9-/m0/s1. The Kier molecular flexibility index (Phi) is 3.89. The van der Waals surface area contributed by atoms with Crippen LogP contribution in [0.1, 0.15) is 36.3 Å². The van der Waals surface area contributed by atoms with E-state index in [4.69, 9.17) is 21.5 Å². The molecule has 1 aliphatic rings. The third-order valence-electron chi connectivity index (χ3n) is 3.26. The second-order valence-corrected chi connectivity index (χ2v) is 4.61. The fourth-order valence-corrected chi connectivity index (χ4v) is 2.55. The summed E-state index contributed by atoms with van der Waals surface area (Å²) in [6, 6.07) is 5.89. The number of ether oxygens (including phenoxy) is 1. The molecule has 0 aromatic heterocycles. The Morgan fingerprint density at radius 1 is 1.53 bits per heavy atom. The summed E-state index contributed by atoms with van der Waals surface area (Å²) in [4.78, 5) is 0. The number of fused-ring (bicyclic) bond motifs is 1. The highest BCUT2D eigenvalue weighted by Gasteiger charge is 2.28. The first-order chi connectivity index (χ1) is 8.30. The Morgan fingerprint density at radius 3 is 3.00 bits per heavy atom. The van der Waals surface area contributed by atoms with Crippen molar-refractivity contribution in [2.75, 3.05) is 13.0 Å². The topological polar surface area (TPSA) is 41.8 Å². The zero-order valence-corrected chi connectivity index (χ0v) is 10.6. The molecule has 0 spiro atoms. The van der Waals surface area contributed by atoms with E-state index in [1.54, 1.807) is 7.11 Å². The first-order valence-electron chi connectivity index (χ1n) is 5.75. The van der Waals surface area contributed by atoms with E-state index in [0.717, 1.165) is 36.3 Å². The molecule has 0 aliphatic heterocycles. The van der Waals surface area contributed by atoms with Gasteiger partial charge in [-0.25, -0.2) is 0 Å². The fourth-order valence-electron chi connectivity index (χ4n) is 2.40. The highest BCUT2D eigenvalue weighted by molar-refractivity contribution is 6.17. The predicted octanol–water partition coefficient (Wildman–Crippen LogP) is 3.38. The lowest BCUT2D eigenvalue weighted by Crippen LogP contribution is -1.95. The lowest BCUT2D eigenvalue weighted by atomic mass is 9.96. The van der Waals surface area contributed by atoms with Crippen molar-refractivity contribution < 1.29 is 9.94 Å². The van der Waals surface area contributed by atoms with Crippen LogP contribution >= 0.6 is 11.6 Å². The van der Waals surface area contributed by atoms with Crippen LogP contribution in [0.5, 0.6) is 5.75 Å². The van der Waals surface area contributed by atoms with Crippen LogP contribution in [0, 0.1) is 0 Å². The highest BCUT2D eigenvalue weighted by Crippen LogP contribution is 2.38. The number of nitrogens with zero attached hydrogens (tertiary/aromatic N) is 1. The number of hydrogen-bond acceptors (Lipinski definition) is 3. The van der Waals surface area contributed by atoms with Gasteiger partial charge in [0.25, 0.3) is 0 Å². The van der Waals surface area contributed by atoms with E-state index in [-0.39, 0.29) is 0 Å². The van der Waals surface area contributed by atoms with Gasteiger partial charge in [-0.1, -0.05) is 5.16 Å². The summed E-state index contributed by atoms with van der Waals surface area (Å²) in [5.74, 6) is 1.91. The van der Waals surface area contributed by atoms with E-state index in [0.29, 0.717) is 11.8 Å². The molecule has 0 unspecified atom stereocenters. The Morgan fingerprint density at radius 2 is 2.35 bits per heavy atom. The van der Waals surface area contributed by atoms with Crippen molar-refractivity contribution >= 4 is 17.3 Å². The summed E-state index contributed by atoms with van der Waals surface area (Å²) in [7, 11) is 1.66. The average molecular weight is 254 g/mol. The molecule has 0 saturated heterocycles. The van der Waals surface area contributed by atoms with Crippen LogP contribution in [-0.4, -0.2) is 23.9 Å².